The van der Waals surface area contributed by atoms with Gasteiger partial charge in [-0.15, -0.1) is 0 Å². The van der Waals surface area contributed by atoms with Crippen LogP contribution in [0.4, 0.5) is 0 Å². The molecule has 0 aliphatic rings. The van der Waals surface area contributed by atoms with Gasteiger partial charge in [0, 0.05) is 17.9 Å². The second-order valence-electron chi connectivity index (χ2n) is 5.86. The van der Waals surface area contributed by atoms with Crippen molar-refractivity contribution in [1.82, 2.24) is 10.3 Å². The highest BCUT2D eigenvalue weighted by atomic mass is 16.3. The number of aromatic nitrogens is 1. The normalized spacial score (nSPS) is 13.3. The first-order valence-electron chi connectivity index (χ1n) is 8.02. The fourth-order valence-electron chi connectivity index (χ4n) is 2.56. The van der Waals surface area contributed by atoms with Crippen molar-refractivity contribution in [3.8, 4) is 0 Å². The summed E-state index contributed by atoms with van der Waals surface area (Å²) in [6.07, 6.45) is 3.46. The molecule has 0 fully saturated rings. The van der Waals surface area contributed by atoms with Gasteiger partial charge in [-0.25, -0.2) is 0 Å². The molecule has 2 N–H and O–H groups in total. The zero-order chi connectivity index (χ0) is 16.7. The lowest BCUT2D eigenvalue weighted by molar-refractivity contribution is -0.130. The van der Waals surface area contributed by atoms with Gasteiger partial charge < -0.3 is 10.4 Å². The maximum absolute atomic E-state index is 12.1. The zero-order valence-electron chi connectivity index (χ0n) is 13.7. The van der Waals surface area contributed by atoms with Crippen LogP contribution in [0.2, 0.25) is 0 Å². The maximum atomic E-state index is 12.1. The number of nitrogens with zero attached hydrogens (tertiary/aromatic N) is 1. The second kappa shape index (κ2) is 8.44. The van der Waals surface area contributed by atoms with E-state index in [1.807, 2.05) is 38.1 Å². The van der Waals surface area contributed by atoms with E-state index in [-0.39, 0.29) is 11.9 Å². The van der Waals surface area contributed by atoms with Gasteiger partial charge >= 0.3 is 0 Å². The van der Waals surface area contributed by atoms with Gasteiger partial charge in [0.15, 0.2) is 6.10 Å². The largest absolute Gasteiger partial charge is 0.378 e. The summed E-state index contributed by atoms with van der Waals surface area (Å²) in [7, 11) is 0. The van der Waals surface area contributed by atoms with E-state index in [1.54, 1.807) is 18.3 Å². The van der Waals surface area contributed by atoms with Gasteiger partial charge in [0.05, 0.1) is 0 Å². The lowest BCUT2D eigenvalue weighted by Gasteiger charge is -2.17. The highest BCUT2D eigenvalue weighted by Crippen LogP contribution is 2.13. The average molecular weight is 312 g/mol. The Balaban J connectivity index is 1.77. The number of carbonyl (C=O) groups is 1. The summed E-state index contributed by atoms with van der Waals surface area (Å²) in [4.78, 5) is 16.3. The van der Waals surface area contributed by atoms with Gasteiger partial charge in [-0.1, -0.05) is 36.4 Å². The van der Waals surface area contributed by atoms with Gasteiger partial charge in [0.2, 0.25) is 0 Å². The van der Waals surface area contributed by atoms with Gasteiger partial charge in [-0.05, 0) is 50.3 Å². The lowest BCUT2D eigenvalue weighted by Crippen LogP contribution is -2.36. The highest BCUT2D eigenvalue weighted by molar-refractivity contribution is 5.82. The number of pyridine rings is 1. The summed E-state index contributed by atoms with van der Waals surface area (Å²) < 4.78 is 0. The van der Waals surface area contributed by atoms with E-state index in [2.05, 4.69) is 16.4 Å². The van der Waals surface area contributed by atoms with Gasteiger partial charge in [-0.2, -0.15) is 0 Å². The van der Waals surface area contributed by atoms with Crippen LogP contribution in [0, 0.1) is 6.92 Å². The molecular formula is C19H24N2O2. The average Bonchev–Trinajstić information content (AvgIpc) is 2.56. The molecule has 4 nitrogen and oxygen atoms in total. The Labute approximate surface area is 137 Å². The minimum Gasteiger partial charge on any atom is -0.378 e. The SMILES string of the molecule is Cc1ncccc1CCC[C@H](C)NC(=O)[C@H](O)c1ccccc1. The molecule has 4 heteroatoms. The van der Waals surface area contributed by atoms with E-state index in [9.17, 15) is 9.90 Å². The standard InChI is InChI=1S/C19H24N2O2/c1-14(8-6-11-16-12-7-13-20-15(16)2)21-19(23)18(22)17-9-4-3-5-10-17/h3-5,7,9-10,12-14,18,22H,6,8,11H2,1-2H3,(H,21,23)/t14-,18+/m0/s1. The minimum atomic E-state index is -1.11. The Morgan fingerprint density at radius 2 is 1.96 bits per heavy atom. The Bertz CT molecular complexity index is 628. The van der Waals surface area contributed by atoms with E-state index >= 15 is 0 Å². The van der Waals surface area contributed by atoms with Gasteiger partial charge in [-0.3, -0.25) is 9.78 Å². The number of benzene rings is 1. The highest BCUT2D eigenvalue weighted by Gasteiger charge is 2.18. The smallest absolute Gasteiger partial charge is 0.253 e. The quantitative estimate of drug-likeness (QED) is 0.826. The van der Waals surface area contributed by atoms with Crippen molar-refractivity contribution in [2.75, 3.05) is 0 Å². The lowest BCUT2D eigenvalue weighted by atomic mass is 10.0. The molecule has 23 heavy (non-hydrogen) atoms. The molecule has 0 radical (unpaired) electrons. The number of hydrogen-bond donors (Lipinski definition) is 2. The van der Waals surface area contributed by atoms with E-state index in [0.717, 1.165) is 25.0 Å². The number of hydrogen-bond acceptors (Lipinski definition) is 3. The van der Waals surface area contributed by atoms with Crippen LogP contribution in [-0.2, 0) is 11.2 Å². The number of nitrogens with one attached hydrogen (secondary N) is 1. The van der Waals surface area contributed by atoms with Crippen LogP contribution in [0.3, 0.4) is 0 Å². The van der Waals surface area contributed by atoms with Crippen LogP contribution in [0.5, 0.6) is 0 Å². The van der Waals surface area contributed by atoms with Crippen molar-refractivity contribution in [2.45, 2.75) is 45.3 Å². The van der Waals surface area contributed by atoms with E-state index in [1.165, 1.54) is 5.56 Å². The number of amides is 1. The van der Waals surface area contributed by atoms with Crippen LogP contribution in [-0.4, -0.2) is 22.0 Å². The van der Waals surface area contributed by atoms with Crippen LogP contribution in [0.1, 0.15) is 42.7 Å². The summed E-state index contributed by atoms with van der Waals surface area (Å²) in [5.74, 6) is -0.346. The number of rotatable bonds is 7. The van der Waals surface area contributed by atoms with Crippen molar-refractivity contribution in [3.05, 3.63) is 65.5 Å². The molecule has 1 heterocycles. The summed E-state index contributed by atoms with van der Waals surface area (Å²) in [5, 5.41) is 12.9. The summed E-state index contributed by atoms with van der Waals surface area (Å²) in [6.45, 7) is 3.97. The molecule has 122 valence electrons. The second-order valence-corrected chi connectivity index (χ2v) is 5.86. The van der Waals surface area contributed by atoms with Crippen molar-refractivity contribution in [3.63, 3.8) is 0 Å². The molecule has 0 spiro atoms. The molecular weight excluding hydrogens is 288 g/mol. The van der Waals surface area contributed by atoms with Crippen LogP contribution in [0.15, 0.2) is 48.7 Å². The van der Waals surface area contributed by atoms with E-state index in [0.29, 0.717) is 5.56 Å². The Morgan fingerprint density at radius 1 is 1.22 bits per heavy atom. The van der Waals surface area contributed by atoms with Gasteiger partial charge in [0.1, 0.15) is 0 Å². The molecule has 2 aromatic rings. The number of aryl methyl sites for hydroxylation is 2. The first kappa shape index (κ1) is 17.2. The van der Waals surface area contributed by atoms with Crippen LogP contribution in [0.25, 0.3) is 0 Å². The summed E-state index contributed by atoms with van der Waals surface area (Å²) in [6, 6.07) is 13.0. The predicted molar refractivity (Wildman–Crippen MR) is 90.9 cm³/mol. The molecule has 0 saturated heterocycles. The van der Waals surface area contributed by atoms with Crippen molar-refractivity contribution >= 4 is 5.91 Å². The van der Waals surface area contributed by atoms with Crippen LogP contribution >= 0.6 is 0 Å². The maximum Gasteiger partial charge on any atom is 0.253 e. The number of aliphatic hydroxyl groups is 1. The van der Waals surface area contributed by atoms with Crippen molar-refractivity contribution < 1.29 is 9.90 Å². The first-order valence-corrected chi connectivity index (χ1v) is 8.02. The van der Waals surface area contributed by atoms with Gasteiger partial charge in [0.25, 0.3) is 5.91 Å². The first-order chi connectivity index (χ1) is 11.1. The van der Waals surface area contributed by atoms with E-state index in [4.69, 9.17) is 0 Å². The summed E-state index contributed by atoms with van der Waals surface area (Å²) >= 11 is 0. The van der Waals surface area contributed by atoms with Crippen molar-refractivity contribution in [2.24, 2.45) is 0 Å². The molecule has 0 unspecified atom stereocenters. The summed E-state index contributed by atoms with van der Waals surface area (Å²) in [5.41, 5.74) is 2.92. The van der Waals surface area contributed by atoms with Crippen LogP contribution < -0.4 is 5.32 Å². The zero-order valence-corrected chi connectivity index (χ0v) is 13.7. The monoisotopic (exact) mass is 312 g/mol. The minimum absolute atomic E-state index is 0.0258. The number of aliphatic hydroxyl groups excluding tert-OH is 1. The molecule has 0 bridgehead atoms. The molecule has 0 aliphatic carbocycles. The molecule has 0 saturated carbocycles. The molecule has 2 atom stereocenters. The molecule has 1 aromatic carbocycles. The van der Waals surface area contributed by atoms with E-state index < -0.39 is 6.10 Å². The molecule has 2 rings (SSSR count). The fraction of sp³-hybridized carbons (Fsp3) is 0.368. The molecule has 1 amide bonds. The Kier molecular flexibility index (Phi) is 6.29. The third-order valence-corrected chi connectivity index (χ3v) is 3.95. The van der Waals surface area contributed by atoms with Crippen molar-refractivity contribution in [1.29, 1.82) is 0 Å². The third-order valence-electron chi connectivity index (χ3n) is 3.95. The predicted octanol–water partition coefficient (Wildman–Crippen LogP) is 2.95. The third kappa shape index (κ3) is 5.18. The fourth-order valence-corrected chi connectivity index (χ4v) is 2.56. The molecule has 1 aromatic heterocycles. The number of carbonyl (C=O) groups excluding carboxylic acids is 1. The topological polar surface area (TPSA) is 62.2 Å². The Morgan fingerprint density at radius 3 is 2.65 bits per heavy atom. The Hall–Kier alpha value is -2.20. The molecule has 0 aliphatic heterocycles.